The molecule has 0 aliphatic rings. The number of carbonyl (C=O) groups excluding carboxylic acids is 1. The van der Waals surface area contributed by atoms with Crippen LogP contribution < -0.4 is 10.7 Å². The fourth-order valence-corrected chi connectivity index (χ4v) is 4.06. The fourth-order valence-electron chi connectivity index (χ4n) is 3.94. The lowest BCUT2D eigenvalue weighted by Crippen LogP contribution is -2.27. The Morgan fingerprint density at radius 1 is 1.23 bits per heavy atom. The van der Waals surface area contributed by atoms with Crippen molar-refractivity contribution in [1.82, 2.24) is 19.8 Å². The Labute approximate surface area is 207 Å². The van der Waals surface area contributed by atoms with Crippen molar-refractivity contribution in [3.63, 3.8) is 0 Å². The van der Waals surface area contributed by atoms with Crippen molar-refractivity contribution in [2.24, 2.45) is 7.05 Å². The third-order valence-corrected chi connectivity index (χ3v) is 5.98. The van der Waals surface area contributed by atoms with Crippen LogP contribution in [-0.4, -0.2) is 39.1 Å². The molecule has 0 aliphatic heterocycles. The third-order valence-electron chi connectivity index (χ3n) is 5.72. The van der Waals surface area contributed by atoms with Crippen molar-refractivity contribution < 1.29 is 14.3 Å². The molecule has 2 N–H and O–H groups in total. The van der Waals surface area contributed by atoms with E-state index < -0.39 is 6.10 Å². The Morgan fingerprint density at radius 2 is 1.94 bits per heavy atom. The van der Waals surface area contributed by atoms with E-state index in [-0.39, 0.29) is 17.8 Å². The quantitative estimate of drug-likeness (QED) is 0.370. The van der Waals surface area contributed by atoms with Gasteiger partial charge < -0.3 is 19.4 Å². The summed E-state index contributed by atoms with van der Waals surface area (Å²) in [7, 11) is 3.65. The Bertz CT molecular complexity index is 1370. The Hall–Kier alpha value is -3.46. The van der Waals surface area contributed by atoms with E-state index in [4.69, 9.17) is 16.0 Å². The van der Waals surface area contributed by atoms with E-state index in [1.807, 2.05) is 24.1 Å². The maximum Gasteiger partial charge on any atom is 0.224 e. The van der Waals surface area contributed by atoms with Crippen LogP contribution in [0, 0.1) is 0 Å². The highest BCUT2D eigenvalue weighted by Crippen LogP contribution is 2.20. The molecule has 182 valence electrons. The molecule has 9 heteroatoms. The lowest BCUT2D eigenvalue weighted by Gasteiger charge is -2.19. The molecule has 0 fully saturated rings. The van der Waals surface area contributed by atoms with Gasteiger partial charge in [-0.1, -0.05) is 23.7 Å². The number of likely N-dealkylation sites (N-methyl/N-ethyl adjacent to an activating group) is 1. The van der Waals surface area contributed by atoms with E-state index >= 15 is 0 Å². The van der Waals surface area contributed by atoms with Gasteiger partial charge in [0.05, 0.1) is 24.5 Å². The lowest BCUT2D eigenvalue weighted by atomic mass is 10.1. The van der Waals surface area contributed by atoms with Crippen LogP contribution in [0.3, 0.4) is 0 Å². The number of aryl methyl sites for hydroxylation is 1. The monoisotopic (exact) mass is 494 g/mol. The van der Waals surface area contributed by atoms with E-state index in [9.17, 15) is 14.7 Å². The number of pyridine rings is 2. The predicted octanol–water partition coefficient (Wildman–Crippen LogP) is 3.20. The molecule has 1 amide bonds. The molecule has 1 unspecified atom stereocenters. The van der Waals surface area contributed by atoms with Gasteiger partial charge in [0.25, 0.3) is 0 Å². The van der Waals surface area contributed by atoms with Crippen LogP contribution in [0.2, 0.25) is 5.02 Å². The number of nitrogens with zero attached hydrogens (tertiary/aromatic N) is 3. The van der Waals surface area contributed by atoms with Crippen LogP contribution in [0.4, 0.5) is 0 Å². The van der Waals surface area contributed by atoms with Crippen molar-refractivity contribution in [1.29, 1.82) is 0 Å². The van der Waals surface area contributed by atoms with E-state index in [0.29, 0.717) is 47.1 Å². The van der Waals surface area contributed by atoms with E-state index in [1.54, 1.807) is 60.5 Å². The number of fused-ring (bicyclic) bond motifs is 1. The lowest BCUT2D eigenvalue weighted by molar-refractivity contribution is -0.120. The summed E-state index contributed by atoms with van der Waals surface area (Å²) in [6, 6.07) is 12.5. The second kappa shape index (κ2) is 10.9. The van der Waals surface area contributed by atoms with E-state index in [0.717, 1.165) is 11.1 Å². The van der Waals surface area contributed by atoms with Gasteiger partial charge in [0.1, 0.15) is 5.76 Å². The number of rotatable bonds is 9. The first-order chi connectivity index (χ1) is 16.8. The molecule has 8 nitrogen and oxygen atoms in total. The molecule has 0 saturated carbocycles. The topological polar surface area (TPSA) is 101 Å². The zero-order chi connectivity index (χ0) is 24.9. The van der Waals surface area contributed by atoms with Crippen LogP contribution in [0.5, 0.6) is 0 Å². The van der Waals surface area contributed by atoms with Crippen molar-refractivity contribution in [2.45, 2.75) is 25.6 Å². The second-order valence-corrected chi connectivity index (χ2v) is 9.04. The van der Waals surface area contributed by atoms with Gasteiger partial charge in [-0.25, -0.2) is 0 Å². The molecule has 35 heavy (non-hydrogen) atoms. The third kappa shape index (κ3) is 6.16. The molecule has 0 saturated heterocycles. The van der Waals surface area contributed by atoms with E-state index in [2.05, 4.69) is 10.3 Å². The van der Waals surface area contributed by atoms with Crippen molar-refractivity contribution in [3.05, 3.63) is 98.8 Å². The van der Waals surface area contributed by atoms with Gasteiger partial charge in [-0.2, -0.15) is 0 Å². The summed E-state index contributed by atoms with van der Waals surface area (Å²) in [5.41, 5.74) is 2.31. The SMILES string of the molecule is CN(Cc1cc2c(=O)c(CC(=O)NCc3ccc(Cl)cc3)cn(C)c2o1)CC(O)c1ccncc1. The second-order valence-electron chi connectivity index (χ2n) is 8.60. The summed E-state index contributed by atoms with van der Waals surface area (Å²) in [4.78, 5) is 31.4. The Morgan fingerprint density at radius 3 is 2.66 bits per heavy atom. The van der Waals surface area contributed by atoms with Crippen molar-refractivity contribution in [3.8, 4) is 0 Å². The summed E-state index contributed by atoms with van der Waals surface area (Å²) in [6.07, 6.45) is 4.22. The minimum Gasteiger partial charge on any atom is -0.443 e. The highest BCUT2D eigenvalue weighted by atomic mass is 35.5. The average molecular weight is 495 g/mol. The number of carbonyl (C=O) groups is 1. The van der Waals surface area contributed by atoms with Gasteiger partial charge >= 0.3 is 0 Å². The van der Waals surface area contributed by atoms with Gasteiger partial charge in [-0.15, -0.1) is 0 Å². The predicted molar refractivity (Wildman–Crippen MR) is 134 cm³/mol. The number of nitrogens with one attached hydrogen (secondary N) is 1. The zero-order valence-electron chi connectivity index (χ0n) is 19.6. The van der Waals surface area contributed by atoms with Gasteiger partial charge in [0, 0.05) is 49.3 Å². The first kappa shape index (κ1) is 24.7. The fraction of sp³-hybridized carbons (Fsp3) is 0.269. The maximum atomic E-state index is 13.1. The molecule has 1 aromatic carbocycles. The van der Waals surface area contributed by atoms with Crippen LogP contribution in [0.25, 0.3) is 11.1 Å². The molecule has 0 bridgehead atoms. The van der Waals surface area contributed by atoms with Crippen LogP contribution >= 0.6 is 11.6 Å². The first-order valence-corrected chi connectivity index (χ1v) is 11.6. The largest absolute Gasteiger partial charge is 0.443 e. The number of halogens is 1. The van der Waals surface area contributed by atoms with Crippen LogP contribution in [0.15, 0.2) is 70.3 Å². The summed E-state index contributed by atoms with van der Waals surface area (Å²) in [5, 5.41) is 14.3. The summed E-state index contributed by atoms with van der Waals surface area (Å²) in [5.74, 6) is 0.353. The molecule has 4 rings (SSSR count). The van der Waals surface area contributed by atoms with Crippen LogP contribution in [0.1, 0.15) is 28.6 Å². The minimum absolute atomic E-state index is 0.0330. The smallest absolute Gasteiger partial charge is 0.224 e. The molecule has 0 spiro atoms. The Kier molecular flexibility index (Phi) is 7.65. The average Bonchev–Trinajstić information content (AvgIpc) is 3.27. The number of hydrogen-bond acceptors (Lipinski definition) is 6. The van der Waals surface area contributed by atoms with Crippen LogP contribution in [-0.2, 0) is 31.4 Å². The summed E-state index contributed by atoms with van der Waals surface area (Å²) >= 11 is 5.89. The maximum absolute atomic E-state index is 13.1. The van der Waals surface area contributed by atoms with Gasteiger partial charge in [0.2, 0.25) is 11.6 Å². The first-order valence-electron chi connectivity index (χ1n) is 11.2. The number of hydrogen-bond donors (Lipinski definition) is 2. The molecule has 0 radical (unpaired) electrons. The number of furan rings is 1. The number of aromatic nitrogens is 2. The van der Waals surface area contributed by atoms with Crippen molar-refractivity contribution in [2.75, 3.05) is 13.6 Å². The number of amides is 1. The molecule has 1 atom stereocenters. The molecule has 3 aromatic heterocycles. The van der Waals surface area contributed by atoms with E-state index in [1.165, 1.54) is 0 Å². The normalized spacial score (nSPS) is 12.3. The highest BCUT2D eigenvalue weighted by Gasteiger charge is 2.17. The molecular formula is C26H27ClN4O4. The summed E-state index contributed by atoms with van der Waals surface area (Å²) in [6.45, 7) is 1.15. The van der Waals surface area contributed by atoms with Crippen molar-refractivity contribution >= 4 is 28.6 Å². The minimum atomic E-state index is -0.670. The molecule has 4 aromatic rings. The molecule has 0 aliphatic carbocycles. The van der Waals surface area contributed by atoms with Gasteiger partial charge in [-0.05, 0) is 48.5 Å². The molecular weight excluding hydrogens is 468 g/mol. The van der Waals surface area contributed by atoms with Gasteiger partial charge in [0.15, 0.2) is 5.43 Å². The number of aliphatic hydroxyl groups is 1. The number of aliphatic hydroxyl groups excluding tert-OH is 1. The number of benzene rings is 1. The standard InChI is InChI=1S/C26H27ClN4O4/c1-30(16-23(32)18-7-9-28-10-8-18)15-21-12-22-25(34)19(14-31(2)26(22)35-21)11-24(33)29-13-17-3-5-20(27)6-4-17/h3-10,12,14,23,32H,11,13,15-16H2,1-2H3,(H,29,33). The molecule has 3 heterocycles. The Balaban J connectivity index is 1.43. The zero-order valence-corrected chi connectivity index (χ0v) is 20.3. The summed E-state index contributed by atoms with van der Waals surface area (Å²) < 4.78 is 7.65. The highest BCUT2D eigenvalue weighted by molar-refractivity contribution is 6.30. The van der Waals surface area contributed by atoms with Gasteiger partial charge in [-0.3, -0.25) is 19.5 Å².